The molecular formula is C32H57NO4S. The van der Waals surface area contributed by atoms with Gasteiger partial charge in [-0.2, -0.15) is 0 Å². The first-order valence-electron chi connectivity index (χ1n) is 13.4. The Balaban J connectivity index is 0. The van der Waals surface area contributed by atoms with Gasteiger partial charge in [-0.05, 0) is 85.7 Å². The summed E-state index contributed by atoms with van der Waals surface area (Å²) in [5.41, 5.74) is -0.903. The van der Waals surface area contributed by atoms with Gasteiger partial charge in [-0.15, -0.1) is 0 Å². The summed E-state index contributed by atoms with van der Waals surface area (Å²) in [6.45, 7) is 15.9. The van der Waals surface area contributed by atoms with E-state index in [9.17, 15) is 15.0 Å². The van der Waals surface area contributed by atoms with Crippen molar-refractivity contribution in [3.8, 4) is 5.75 Å². The fraction of sp³-hybridized carbons (Fsp3) is 0.594. The number of hydrogen-bond donors (Lipinski definition) is 2. The largest absolute Gasteiger partial charge is 0.508 e. The second kappa shape index (κ2) is 19.2. The van der Waals surface area contributed by atoms with Gasteiger partial charge in [-0.1, -0.05) is 84.0 Å². The molecule has 1 aliphatic heterocycles. The predicted octanol–water partition coefficient (Wildman–Crippen LogP) is 6.94. The van der Waals surface area contributed by atoms with Gasteiger partial charge >= 0.3 is 0 Å². The fourth-order valence-electron chi connectivity index (χ4n) is 2.88. The van der Waals surface area contributed by atoms with E-state index in [1.807, 2.05) is 13.8 Å². The number of aliphatic hydroxyl groups is 1. The number of ether oxygens (including phenoxy) is 1. The molecule has 0 saturated carbocycles. The van der Waals surface area contributed by atoms with E-state index in [1.165, 1.54) is 38.1 Å². The van der Waals surface area contributed by atoms with Crippen LogP contribution in [-0.2, 0) is 15.1 Å². The number of aromatic hydroxyl groups is 1. The Hall–Kier alpha value is -1.86. The van der Waals surface area contributed by atoms with Gasteiger partial charge in [0.25, 0.3) is 0 Å². The molecule has 3 rings (SSSR count). The normalized spacial score (nSPS) is 15.8. The summed E-state index contributed by atoms with van der Waals surface area (Å²) in [7, 11) is 5.11. The minimum Gasteiger partial charge on any atom is -0.508 e. The molecule has 0 spiro atoms. The first-order chi connectivity index (χ1) is 17.6. The Morgan fingerprint density at radius 1 is 0.921 bits per heavy atom. The topological polar surface area (TPSA) is 70.0 Å². The highest BCUT2D eigenvalue weighted by molar-refractivity contribution is 8.33. The number of nitrogens with zero attached hydrogens (tertiary/aromatic N) is 1. The average molecular weight is 552 g/mol. The van der Waals surface area contributed by atoms with Crippen LogP contribution < -0.4 is 0 Å². The van der Waals surface area contributed by atoms with E-state index in [4.69, 9.17) is 0 Å². The predicted molar refractivity (Wildman–Crippen MR) is 169 cm³/mol. The standard InChI is InChI=1S/C14H12O3.C7H15N.C7H18S.C2H6O.C2H6/c15-10-14(17,11-5-2-1-3-6-11)12-7-4-8-13(16)9-12;1-7-3-5-8(2)6-4-7;1-7(2,3)8(4,5)6;1-3-2;1-2/h1-10,16-17H;7H,3-6H2,1-2H3;1-6H3;1-2H3;1-2H3. The SMILES string of the molecule is CC.CC(C)(C)S(C)(C)C.CC1CCN(C)CC1.COC.O=CC(O)(c1ccccc1)c1cccc(O)c1. The van der Waals surface area contributed by atoms with Crippen LogP contribution in [0.4, 0.5) is 0 Å². The molecule has 5 nitrogen and oxygen atoms in total. The molecule has 1 aliphatic rings. The minimum absolute atomic E-state index is 0.0127. The van der Waals surface area contributed by atoms with Crippen molar-refractivity contribution in [1.82, 2.24) is 4.90 Å². The fourth-order valence-corrected chi connectivity index (χ4v) is 2.88. The highest BCUT2D eigenvalue weighted by Gasteiger charge is 2.31. The zero-order chi connectivity index (χ0) is 30.0. The first kappa shape index (κ1) is 38.3. The lowest BCUT2D eigenvalue weighted by molar-refractivity contribution is -0.121. The van der Waals surface area contributed by atoms with E-state index in [2.05, 4.69) is 63.1 Å². The Labute approximate surface area is 235 Å². The van der Waals surface area contributed by atoms with E-state index in [0.717, 1.165) is 5.92 Å². The molecule has 1 heterocycles. The van der Waals surface area contributed by atoms with Crippen LogP contribution in [0.2, 0.25) is 0 Å². The van der Waals surface area contributed by atoms with Crippen molar-refractivity contribution in [2.45, 2.75) is 64.7 Å². The maximum atomic E-state index is 11.2. The van der Waals surface area contributed by atoms with Crippen molar-refractivity contribution in [2.24, 2.45) is 5.92 Å². The van der Waals surface area contributed by atoms with Crippen LogP contribution in [-0.4, -0.2) is 79.3 Å². The van der Waals surface area contributed by atoms with Crippen molar-refractivity contribution in [3.63, 3.8) is 0 Å². The van der Waals surface area contributed by atoms with Crippen molar-refractivity contribution >= 4 is 16.3 Å². The average Bonchev–Trinajstić information content (AvgIpc) is 2.87. The molecule has 6 heteroatoms. The second-order valence-electron chi connectivity index (χ2n) is 11.1. The van der Waals surface area contributed by atoms with Crippen LogP contribution in [0.5, 0.6) is 5.75 Å². The molecule has 0 aliphatic carbocycles. The quantitative estimate of drug-likeness (QED) is 0.404. The van der Waals surface area contributed by atoms with Crippen LogP contribution in [0.3, 0.4) is 0 Å². The summed E-state index contributed by atoms with van der Waals surface area (Å²) in [5, 5.41) is 19.8. The number of piperidine rings is 1. The molecule has 220 valence electrons. The molecule has 1 fully saturated rings. The molecule has 0 radical (unpaired) electrons. The summed E-state index contributed by atoms with van der Waals surface area (Å²) in [6, 6.07) is 14.7. The first-order valence-corrected chi connectivity index (χ1v) is 16.3. The number of rotatable bonds is 3. The second-order valence-corrected chi connectivity index (χ2v) is 16.0. The Morgan fingerprint density at radius 3 is 1.68 bits per heavy atom. The van der Waals surface area contributed by atoms with E-state index < -0.39 is 5.60 Å². The lowest BCUT2D eigenvalue weighted by Gasteiger charge is -2.40. The van der Waals surface area contributed by atoms with Crippen molar-refractivity contribution in [2.75, 3.05) is 53.1 Å². The van der Waals surface area contributed by atoms with Gasteiger partial charge in [0.2, 0.25) is 0 Å². The molecule has 1 atom stereocenters. The number of benzene rings is 2. The van der Waals surface area contributed by atoms with Gasteiger partial charge in [0, 0.05) is 14.2 Å². The number of carbonyl (C=O) groups is 1. The van der Waals surface area contributed by atoms with Crippen LogP contribution in [0.1, 0.15) is 65.5 Å². The number of hydrogen-bond acceptors (Lipinski definition) is 5. The van der Waals surface area contributed by atoms with Crippen molar-refractivity contribution < 1.29 is 19.7 Å². The number of phenols is 1. The number of methoxy groups -OCH3 is 1. The van der Waals surface area contributed by atoms with Crippen LogP contribution in [0.15, 0.2) is 54.6 Å². The van der Waals surface area contributed by atoms with Gasteiger partial charge in [0.15, 0.2) is 11.9 Å². The molecule has 2 aromatic rings. The monoisotopic (exact) mass is 551 g/mol. The smallest absolute Gasteiger partial charge is 0.170 e. The minimum atomic E-state index is -1.72. The zero-order valence-corrected chi connectivity index (χ0v) is 27.1. The van der Waals surface area contributed by atoms with E-state index in [-0.39, 0.29) is 15.8 Å². The summed E-state index contributed by atoms with van der Waals surface area (Å²) >= 11 is 0. The van der Waals surface area contributed by atoms with Crippen molar-refractivity contribution in [3.05, 3.63) is 65.7 Å². The van der Waals surface area contributed by atoms with Crippen LogP contribution >= 0.6 is 10.0 Å². The third-order valence-corrected chi connectivity index (χ3v) is 10.2. The Kier molecular flexibility index (Phi) is 19.4. The van der Waals surface area contributed by atoms with Gasteiger partial charge in [0.1, 0.15) is 5.75 Å². The molecule has 2 aromatic carbocycles. The van der Waals surface area contributed by atoms with E-state index >= 15 is 0 Å². The lowest BCUT2D eigenvalue weighted by Crippen LogP contribution is -2.28. The summed E-state index contributed by atoms with van der Waals surface area (Å²) < 4.78 is 4.77. The van der Waals surface area contributed by atoms with Gasteiger partial charge in [0.05, 0.1) is 0 Å². The molecule has 2 N–H and O–H groups in total. The number of aldehydes is 1. The van der Waals surface area contributed by atoms with Gasteiger partial charge < -0.3 is 19.8 Å². The highest BCUT2D eigenvalue weighted by atomic mass is 32.3. The summed E-state index contributed by atoms with van der Waals surface area (Å²) in [4.78, 5) is 13.6. The van der Waals surface area contributed by atoms with Crippen LogP contribution in [0.25, 0.3) is 0 Å². The molecule has 0 aromatic heterocycles. The lowest BCUT2D eigenvalue weighted by atomic mass is 9.88. The summed E-state index contributed by atoms with van der Waals surface area (Å²) in [5.74, 6) is 0.991. The van der Waals surface area contributed by atoms with Crippen LogP contribution in [0, 0.1) is 5.92 Å². The van der Waals surface area contributed by atoms with Gasteiger partial charge in [-0.25, -0.2) is 10.0 Å². The molecule has 1 unspecified atom stereocenters. The molecule has 0 bridgehead atoms. The third-order valence-electron chi connectivity index (χ3n) is 6.52. The molecule has 1 saturated heterocycles. The Bertz CT molecular complexity index is 832. The van der Waals surface area contributed by atoms with Crippen molar-refractivity contribution in [1.29, 1.82) is 0 Å². The highest BCUT2D eigenvalue weighted by Crippen LogP contribution is 2.48. The maximum absolute atomic E-state index is 11.2. The third kappa shape index (κ3) is 14.9. The van der Waals surface area contributed by atoms with Gasteiger partial charge in [-0.3, -0.25) is 4.79 Å². The molecule has 0 amide bonds. The number of phenolic OH excluding ortho intramolecular Hbond substituents is 1. The maximum Gasteiger partial charge on any atom is 0.170 e. The summed E-state index contributed by atoms with van der Waals surface area (Å²) in [6.07, 6.45) is 10.3. The Morgan fingerprint density at radius 2 is 1.34 bits per heavy atom. The molecular weight excluding hydrogens is 494 g/mol. The number of likely N-dealkylation sites (tertiary alicyclic amines) is 1. The number of carbonyl (C=O) groups excluding carboxylic acids is 1. The zero-order valence-electron chi connectivity index (χ0n) is 26.2. The molecule has 38 heavy (non-hydrogen) atoms. The van der Waals surface area contributed by atoms with E-state index in [1.54, 1.807) is 56.7 Å². The van der Waals surface area contributed by atoms with E-state index in [0.29, 0.717) is 22.2 Å².